The smallest absolute Gasteiger partial charge is 0.264 e. The van der Waals surface area contributed by atoms with Gasteiger partial charge in [0, 0.05) is 23.7 Å². The van der Waals surface area contributed by atoms with Crippen LogP contribution in [0.3, 0.4) is 0 Å². The number of amides is 2. The number of hydrogen-bond acceptors (Lipinski definition) is 4. The molecule has 1 atom stereocenters. The number of halogens is 3. The maximum absolute atomic E-state index is 14.6. The highest BCUT2D eigenvalue weighted by Crippen LogP contribution is 2.33. The van der Waals surface area contributed by atoms with Crippen LogP contribution < -0.4 is 9.62 Å². The van der Waals surface area contributed by atoms with Crippen LogP contribution >= 0.6 is 23.2 Å². The van der Waals surface area contributed by atoms with E-state index in [1.807, 2.05) is 13.8 Å². The maximum atomic E-state index is 14.6. The summed E-state index contributed by atoms with van der Waals surface area (Å²) in [6, 6.07) is 16.7. The van der Waals surface area contributed by atoms with Gasteiger partial charge in [-0.1, -0.05) is 73.4 Å². The Hall–Kier alpha value is -3.14. The van der Waals surface area contributed by atoms with Crippen LogP contribution in [0.5, 0.6) is 0 Å². The predicted molar refractivity (Wildman–Crippen MR) is 152 cm³/mol. The lowest BCUT2D eigenvalue weighted by Crippen LogP contribution is -2.51. The first-order chi connectivity index (χ1) is 18.4. The summed E-state index contributed by atoms with van der Waals surface area (Å²) in [6.07, 6.45) is 0. The molecule has 0 fully saturated rings. The van der Waals surface area contributed by atoms with Crippen molar-refractivity contribution in [3.05, 3.63) is 94.2 Å². The summed E-state index contributed by atoms with van der Waals surface area (Å²) in [4.78, 5) is 27.9. The summed E-state index contributed by atoms with van der Waals surface area (Å²) < 4.78 is 43.0. The fraction of sp³-hybridized carbons (Fsp3) is 0.286. The molecule has 3 rings (SSSR count). The fourth-order valence-corrected chi connectivity index (χ4v) is 5.64. The van der Waals surface area contributed by atoms with Crippen molar-refractivity contribution in [3.8, 4) is 0 Å². The lowest BCUT2D eigenvalue weighted by atomic mass is 10.1. The van der Waals surface area contributed by atoms with Gasteiger partial charge in [-0.25, -0.2) is 12.8 Å². The van der Waals surface area contributed by atoms with Gasteiger partial charge in [0.15, 0.2) is 0 Å². The third-order valence-electron chi connectivity index (χ3n) is 5.94. The highest BCUT2D eigenvalue weighted by molar-refractivity contribution is 7.92. The van der Waals surface area contributed by atoms with E-state index in [1.54, 1.807) is 24.3 Å². The molecule has 0 unspecified atom stereocenters. The van der Waals surface area contributed by atoms with Gasteiger partial charge >= 0.3 is 0 Å². The maximum Gasteiger partial charge on any atom is 0.264 e. The van der Waals surface area contributed by atoms with E-state index >= 15 is 0 Å². The molecule has 0 spiro atoms. The van der Waals surface area contributed by atoms with Crippen LogP contribution in [0.2, 0.25) is 10.0 Å². The van der Waals surface area contributed by atoms with E-state index in [1.165, 1.54) is 55.5 Å². The largest absolute Gasteiger partial charge is 0.354 e. The van der Waals surface area contributed by atoms with E-state index in [2.05, 4.69) is 5.32 Å². The van der Waals surface area contributed by atoms with Crippen molar-refractivity contribution in [2.45, 2.75) is 38.3 Å². The fourth-order valence-electron chi connectivity index (χ4n) is 3.76. The third-order valence-corrected chi connectivity index (χ3v) is 8.27. The van der Waals surface area contributed by atoms with Crippen molar-refractivity contribution in [2.24, 2.45) is 5.92 Å². The number of carbonyl (C=O) groups excluding carboxylic acids is 2. The van der Waals surface area contributed by atoms with E-state index in [4.69, 9.17) is 23.2 Å². The van der Waals surface area contributed by atoms with E-state index in [0.717, 1.165) is 9.21 Å². The Kier molecular flexibility index (Phi) is 10.4. The molecule has 0 aromatic heterocycles. The molecule has 3 aromatic rings. The van der Waals surface area contributed by atoms with Crippen LogP contribution in [-0.4, -0.2) is 44.3 Å². The second-order valence-electron chi connectivity index (χ2n) is 9.35. The predicted octanol–water partition coefficient (Wildman–Crippen LogP) is 5.52. The van der Waals surface area contributed by atoms with Crippen LogP contribution in [-0.2, 0) is 26.2 Å². The summed E-state index contributed by atoms with van der Waals surface area (Å²) in [5.41, 5.74) is 0.164. The van der Waals surface area contributed by atoms with Gasteiger partial charge in [0.25, 0.3) is 10.0 Å². The molecule has 7 nitrogen and oxygen atoms in total. The molecular weight excluding hydrogens is 564 g/mol. The number of anilines is 1. The number of nitrogens with one attached hydrogen (secondary N) is 1. The molecule has 208 valence electrons. The first-order valence-electron chi connectivity index (χ1n) is 12.2. The number of carbonyl (C=O) groups is 2. The molecule has 3 aromatic carbocycles. The van der Waals surface area contributed by atoms with Crippen LogP contribution in [0.1, 0.15) is 26.3 Å². The first-order valence-corrected chi connectivity index (χ1v) is 14.4. The molecular formula is C28H30Cl2FN3O4S. The normalized spacial score (nSPS) is 12.2. The lowest BCUT2D eigenvalue weighted by molar-refractivity contribution is -0.139. The van der Waals surface area contributed by atoms with Gasteiger partial charge in [0.05, 0.1) is 15.6 Å². The number of benzene rings is 3. The molecule has 0 aliphatic rings. The average Bonchev–Trinajstić information content (AvgIpc) is 2.91. The van der Waals surface area contributed by atoms with Gasteiger partial charge in [-0.05, 0) is 49.2 Å². The minimum absolute atomic E-state index is 0.0101. The van der Waals surface area contributed by atoms with Crippen molar-refractivity contribution in [3.63, 3.8) is 0 Å². The van der Waals surface area contributed by atoms with E-state index in [-0.39, 0.29) is 38.7 Å². The number of sulfonamides is 1. The van der Waals surface area contributed by atoms with Crippen molar-refractivity contribution in [1.29, 1.82) is 0 Å². The Morgan fingerprint density at radius 2 is 1.59 bits per heavy atom. The average molecular weight is 595 g/mol. The van der Waals surface area contributed by atoms with Crippen LogP contribution in [0.25, 0.3) is 0 Å². The molecule has 0 aliphatic carbocycles. The van der Waals surface area contributed by atoms with Gasteiger partial charge in [-0.2, -0.15) is 0 Å². The molecule has 0 heterocycles. The zero-order valence-corrected chi connectivity index (χ0v) is 24.1. The molecule has 0 aliphatic heterocycles. The standard InChI is InChI=1S/C28H30Cl2FN3O4S/c1-19(2)16-32-28(36)20(3)33(17-21-9-7-8-12-25(21)31)27(35)18-34(26-15-22(29)13-14-24(26)30)39(37,38)23-10-5-4-6-11-23/h4-15,19-20H,16-18H2,1-3H3,(H,32,36)/t20-/m0/s1. The summed E-state index contributed by atoms with van der Waals surface area (Å²) >= 11 is 12.5. The minimum atomic E-state index is -4.30. The Morgan fingerprint density at radius 3 is 2.23 bits per heavy atom. The van der Waals surface area contributed by atoms with Crippen LogP contribution in [0.15, 0.2) is 77.7 Å². The summed E-state index contributed by atoms with van der Waals surface area (Å²) in [6.45, 7) is 4.76. The SMILES string of the molecule is CC(C)CNC(=O)[C@H](C)N(Cc1ccccc1F)C(=O)CN(c1cc(Cl)ccc1Cl)S(=O)(=O)c1ccccc1. The summed E-state index contributed by atoms with van der Waals surface area (Å²) in [5, 5.41) is 3.04. The molecule has 0 saturated heterocycles. The van der Waals surface area contributed by atoms with Gasteiger partial charge in [0.1, 0.15) is 18.4 Å². The Bertz CT molecular complexity index is 1420. The number of hydrogen-bond donors (Lipinski definition) is 1. The Balaban J connectivity index is 2.05. The molecule has 0 bridgehead atoms. The molecule has 0 radical (unpaired) electrons. The molecule has 11 heteroatoms. The summed E-state index contributed by atoms with van der Waals surface area (Å²) in [7, 11) is -4.30. The van der Waals surface area contributed by atoms with Crippen molar-refractivity contribution in [2.75, 3.05) is 17.4 Å². The van der Waals surface area contributed by atoms with Gasteiger partial charge in [-0.3, -0.25) is 13.9 Å². The van der Waals surface area contributed by atoms with Crippen molar-refractivity contribution >= 4 is 50.7 Å². The minimum Gasteiger partial charge on any atom is -0.354 e. The first kappa shape index (κ1) is 30.4. The highest BCUT2D eigenvalue weighted by atomic mass is 35.5. The second-order valence-corrected chi connectivity index (χ2v) is 12.1. The second kappa shape index (κ2) is 13.3. The number of nitrogens with zero attached hydrogens (tertiary/aromatic N) is 2. The molecule has 0 saturated carbocycles. The van der Waals surface area contributed by atoms with E-state index in [0.29, 0.717) is 6.54 Å². The quantitative estimate of drug-likeness (QED) is 0.317. The Labute approximate surface area is 238 Å². The number of rotatable bonds is 11. The third kappa shape index (κ3) is 7.71. The zero-order valence-electron chi connectivity index (χ0n) is 21.8. The summed E-state index contributed by atoms with van der Waals surface area (Å²) in [5.74, 6) is -1.59. The lowest BCUT2D eigenvalue weighted by Gasteiger charge is -2.32. The van der Waals surface area contributed by atoms with Crippen molar-refractivity contribution < 1.29 is 22.4 Å². The van der Waals surface area contributed by atoms with Gasteiger partial charge in [-0.15, -0.1) is 0 Å². The van der Waals surface area contributed by atoms with Crippen LogP contribution in [0, 0.1) is 11.7 Å². The van der Waals surface area contributed by atoms with E-state index in [9.17, 15) is 22.4 Å². The molecule has 1 N–H and O–H groups in total. The van der Waals surface area contributed by atoms with Crippen molar-refractivity contribution in [1.82, 2.24) is 10.2 Å². The zero-order chi connectivity index (χ0) is 28.7. The molecule has 39 heavy (non-hydrogen) atoms. The highest BCUT2D eigenvalue weighted by Gasteiger charge is 2.33. The van der Waals surface area contributed by atoms with Gasteiger partial charge < -0.3 is 10.2 Å². The van der Waals surface area contributed by atoms with E-state index < -0.39 is 40.2 Å². The topological polar surface area (TPSA) is 86.8 Å². The molecule has 2 amide bonds. The Morgan fingerprint density at radius 1 is 0.949 bits per heavy atom. The van der Waals surface area contributed by atoms with Crippen LogP contribution in [0.4, 0.5) is 10.1 Å². The monoisotopic (exact) mass is 593 g/mol. The van der Waals surface area contributed by atoms with Gasteiger partial charge in [0.2, 0.25) is 11.8 Å².